The Labute approximate surface area is 224 Å². The van der Waals surface area contributed by atoms with Gasteiger partial charge in [0.25, 0.3) is 11.8 Å². The lowest BCUT2D eigenvalue weighted by Crippen LogP contribution is -2.45. The number of nitrogens with zero attached hydrogens (tertiary/aromatic N) is 5. The number of piperidine rings is 1. The van der Waals surface area contributed by atoms with Crippen molar-refractivity contribution in [3.05, 3.63) is 45.9 Å². The molecule has 1 saturated heterocycles. The van der Waals surface area contributed by atoms with Crippen molar-refractivity contribution in [3.8, 4) is 0 Å². The zero-order chi connectivity index (χ0) is 27.2. The predicted molar refractivity (Wildman–Crippen MR) is 146 cm³/mol. The van der Waals surface area contributed by atoms with Gasteiger partial charge in [-0.25, -0.2) is 9.97 Å². The fraction of sp³-hybridized carbons (Fsp3) is 0.423. The number of nitrogens with one attached hydrogen (secondary N) is 1. The molecular weight excluding hydrogens is 508 g/mol. The Kier molecular flexibility index (Phi) is 6.74. The first kappa shape index (κ1) is 25.9. The Bertz CT molecular complexity index is 1470. The quantitative estimate of drug-likeness (QED) is 0.396. The number of fused-ring (bicyclic) bond motifs is 1. The van der Waals surface area contributed by atoms with E-state index in [1.807, 2.05) is 36.9 Å². The molecule has 11 nitrogen and oxygen atoms in total. The number of aliphatic hydroxyl groups excluding tert-OH is 1. The van der Waals surface area contributed by atoms with E-state index in [4.69, 9.17) is 28.1 Å². The molecule has 2 amide bonds. The molecule has 0 aliphatic carbocycles. The van der Waals surface area contributed by atoms with Crippen molar-refractivity contribution >= 4 is 51.8 Å². The minimum Gasteiger partial charge on any atom is -0.395 e. The van der Waals surface area contributed by atoms with Crippen molar-refractivity contribution < 1.29 is 14.7 Å². The van der Waals surface area contributed by atoms with E-state index in [-0.39, 0.29) is 40.5 Å². The summed E-state index contributed by atoms with van der Waals surface area (Å²) in [5, 5.41) is 13.2. The van der Waals surface area contributed by atoms with Crippen molar-refractivity contribution in [3.63, 3.8) is 0 Å². The molecule has 0 radical (unpaired) electrons. The van der Waals surface area contributed by atoms with E-state index in [2.05, 4.69) is 19.9 Å². The first-order valence-electron chi connectivity index (χ1n) is 12.6. The third-order valence-electron chi connectivity index (χ3n) is 7.77. The number of anilines is 2. The molecule has 4 heterocycles. The highest BCUT2D eigenvalue weighted by Crippen LogP contribution is 2.36. The largest absolute Gasteiger partial charge is 0.395 e. The molecule has 1 fully saturated rings. The van der Waals surface area contributed by atoms with Crippen molar-refractivity contribution in [2.24, 2.45) is 4.99 Å². The number of nitrogens with two attached hydrogens (primary N) is 2. The summed E-state index contributed by atoms with van der Waals surface area (Å²) in [6.45, 7) is 5.82. The number of hydrogen-bond donors (Lipinski definition) is 4. The van der Waals surface area contributed by atoms with Crippen LogP contribution < -0.4 is 16.8 Å². The van der Waals surface area contributed by atoms with Gasteiger partial charge in [0, 0.05) is 48.2 Å². The summed E-state index contributed by atoms with van der Waals surface area (Å²) >= 11 is 5.90. The van der Waals surface area contributed by atoms with Crippen LogP contribution in [-0.2, 0) is 6.54 Å². The van der Waals surface area contributed by atoms with Crippen LogP contribution in [0, 0.1) is 13.8 Å². The number of carbonyl (C=O) groups excluding carboxylic acids is 2. The van der Waals surface area contributed by atoms with Gasteiger partial charge in [0.05, 0.1) is 12.1 Å². The second-order valence-electron chi connectivity index (χ2n) is 9.98. The molecule has 0 bridgehead atoms. The summed E-state index contributed by atoms with van der Waals surface area (Å²) in [7, 11) is 0. The van der Waals surface area contributed by atoms with Crippen LogP contribution in [0.5, 0.6) is 0 Å². The highest BCUT2D eigenvalue weighted by molar-refractivity contribution is 6.31. The summed E-state index contributed by atoms with van der Waals surface area (Å²) in [4.78, 5) is 40.6. The number of amidine groups is 1. The number of halogens is 1. The van der Waals surface area contributed by atoms with Gasteiger partial charge in [-0.05, 0) is 56.9 Å². The van der Waals surface area contributed by atoms with Crippen LogP contribution in [-0.4, -0.2) is 67.4 Å². The molecule has 200 valence electrons. The van der Waals surface area contributed by atoms with Crippen LogP contribution >= 0.6 is 11.6 Å². The molecule has 38 heavy (non-hydrogen) atoms. The maximum Gasteiger partial charge on any atom is 0.279 e. The molecule has 0 atom stereocenters. The third kappa shape index (κ3) is 4.56. The van der Waals surface area contributed by atoms with Gasteiger partial charge in [-0.2, -0.15) is 0 Å². The first-order chi connectivity index (χ1) is 18.1. The van der Waals surface area contributed by atoms with Crippen LogP contribution in [0.15, 0.2) is 23.2 Å². The van der Waals surface area contributed by atoms with Gasteiger partial charge in [0.1, 0.15) is 5.84 Å². The van der Waals surface area contributed by atoms with E-state index in [1.54, 1.807) is 0 Å². The number of aliphatic imine (C=N–C) groups is 1. The molecule has 2 aliphatic rings. The van der Waals surface area contributed by atoms with Gasteiger partial charge in [-0.1, -0.05) is 11.6 Å². The molecule has 2 aromatic heterocycles. The Morgan fingerprint density at radius 1 is 1.13 bits per heavy atom. The minimum absolute atomic E-state index is 0.00140. The lowest BCUT2D eigenvalue weighted by atomic mass is 9.86. The molecule has 0 saturated carbocycles. The number of carbonyl (C=O) groups is 2. The average Bonchev–Trinajstić information content (AvgIpc) is 3.39. The summed E-state index contributed by atoms with van der Waals surface area (Å²) in [6, 6.07) is 5.78. The van der Waals surface area contributed by atoms with E-state index in [0.717, 1.165) is 28.6 Å². The number of aromatic nitrogens is 3. The Morgan fingerprint density at radius 2 is 1.87 bits per heavy atom. The summed E-state index contributed by atoms with van der Waals surface area (Å²) < 4.78 is 2.08. The highest BCUT2D eigenvalue weighted by atomic mass is 35.5. The first-order valence-corrected chi connectivity index (χ1v) is 13.0. The van der Waals surface area contributed by atoms with E-state index < -0.39 is 5.91 Å². The van der Waals surface area contributed by atoms with E-state index in [1.165, 1.54) is 0 Å². The van der Waals surface area contributed by atoms with Crippen molar-refractivity contribution in [1.82, 2.24) is 24.8 Å². The Morgan fingerprint density at radius 3 is 2.58 bits per heavy atom. The Hall–Kier alpha value is -3.70. The van der Waals surface area contributed by atoms with E-state index in [0.29, 0.717) is 50.3 Å². The molecule has 12 heteroatoms. The van der Waals surface area contributed by atoms with Gasteiger partial charge in [-0.15, -0.1) is 0 Å². The molecule has 1 spiro atoms. The van der Waals surface area contributed by atoms with Crippen LogP contribution in [0.2, 0.25) is 5.15 Å². The topological polar surface area (TPSA) is 165 Å². The zero-order valence-electron chi connectivity index (χ0n) is 21.4. The third-order valence-corrected chi connectivity index (χ3v) is 8.05. The maximum absolute atomic E-state index is 13.4. The average molecular weight is 539 g/mol. The second-order valence-corrected chi connectivity index (χ2v) is 10.3. The molecule has 5 rings (SSSR count). The van der Waals surface area contributed by atoms with Crippen molar-refractivity contribution in [1.29, 1.82) is 0 Å². The Balaban J connectivity index is 1.26. The fourth-order valence-corrected chi connectivity index (χ4v) is 5.61. The van der Waals surface area contributed by atoms with Gasteiger partial charge in [0.2, 0.25) is 0 Å². The molecule has 0 unspecified atom stereocenters. The molecular formula is C26H31ClN8O3. The minimum atomic E-state index is -0.533. The van der Waals surface area contributed by atoms with Crippen LogP contribution in [0.1, 0.15) is 57.8 Å². The molecule has 1 aromatic carbocycles. The standard InChI is InChI=1S/C26H31ClN8O3/c1-14-15(2)35(11-12-36)18-4-3-16(13-17(14)18)25(38)34-9-7-26(8-10-34)6-5-19(33-26)30-24(37)20-22(28)32-23(29)21(27)31-20/h3-4,13,36H,5-12H2,1-2H3,(H4,28,29,32)(H,30,33,37). The number of likely N-dealkylation sites (tertiary alicyclic amines) is 1. The maximum atomic E-state index is 13.4. The smallest absolute Gasteiger partial charge is 0.279 e. The SMILES string of the molecule is Cc1c(C)n(CCO)c2ccc(C(=O)N3CCC4(CCC(NC(=O)c5nc(Cl)c(N)nc5N)=N4)CC3)cc12. The number of rotatable bonds is 4. The second kappa shape index (κ2) is 9.88. The monoisotopic (exact) mass is 538 g/mol. The van der Waals surface area contributed by atoms with E-state index >= 15 is 0 Å². The van der Waals surface area contributed by atoms with Gasteiger partial charge >= 0.3 is 0 Å². The normalized spacial score (nSPS) is 16.7. The number of aliphatic hydroxyl groups is 1. The van der Waals surface area contributed by atoms with Gasteiger partial charge in [-0.3, -0.25) is 14.6 Å². The lowest BCUT2D eigenvalue weighted by Gasteiger charge is -2.37. The number of hydrogen-bond acceptors (Lipinski definition) is 8. The number of benzene rings is 1. The van der Waals surface area contributed by atoms with Crippen molar-refractivity contribution in [2.75, 3.05) is 31.2 Å². The van der Waals surface area contributed by atoms with Gasteiger partial charge in [0.15, 0.2) is 22.5 Å². The molecule has 6 N–H and O–H groups in total. The zero-order valence-corrected chi connectivity index (χ0v) is 22.2. The summed E-state index contributed by atoms with van der Waals surface area (Å²) in [5.74, 6) is -0.109. The predicted octanol–water partition coefficient (Wildman–Crippen LogP) is 2.46. The van der Waals surface area contributed by atoms with Crippen molar-refractivity contribution in [2.45, 2.75) is 51.6 Å². The summed E-state index contributed by atoms with van der Waals surface area (Å²) in [6.07, 6.45) is 2.81. The van der Waals surface area contributed by atoms with Crippen LogP contribution in [0.25, 0.3) is 10.9 Å². The highest BCUT2D eigenvalue weighted by Gasteiger charge is 2.40. The lowest BCUT2D eigenvalue weighted by molar-refractivity contribution is 0.0673. The number of amides is 2. The fourth-order valence-electron chi connectivity index (χ4n) is 5.48. The van der Waals surface area contributed by atoms with Gasteiger partial charge < -0.3 is 31.4 Å². The van der Waals surface area contributed by atoms with Crippen LogP contribution in [0.4, 0.5) is 11.6 Å². The van der Waals surface area contributed by atoms with Crippen LogP contribution in [0.3, 0.4) is 0 Å². The molecule has 2 aliphatic heterocycles. The molecule has 3 aromatic rings. The van der Waals surface area contributed by atoms with E-state index in [9.17, 15) is 14.7 Å². The number of aryl methyl sites for hydroxylation is 1. The number of nitrogen functional groups attached to an aromatic ring is 2. The summed E-state index contributed by atoms with van der Waals surface area (Å²) in [5.41, 5.74) is 14.9.